The van der Waals surface area contributed by atoms with E-state index in [1.165, 1.54) is 4.88 Å². The second-order valence-corrected chi connectivity index (χ2v) is 4.55. The molecule has 1 aromatic heterocycles. The molecule has 1 atom stereocenters. The summed E-state index contributed by atoms with van der Waals surface area (Å²) in [5.41, 5.74) is 5.68. The minimum atomic E-state index is -0.349. The summed E-state index contributed by atoms with van der Waals surface area (Å²) < 4.78 is 0. The highest BCUT2D eigenvalue weighted by atomic mass is 35.5. The average molecular weight is 263 g/mol. The van der Waals surface area contributed by atoms with E-state index in [4.69, 9.17) is 5.73 Å². The fourth-order valence-corrected chi connectivity index (χ4v) is 2.05. The van der Waals surface area contributed by atoms with Crippen LogP contribution in [0.1, 0.15) is 24.6 Å². The third-order valence-electron chi connectivity index (χ3n) is 2.19. The van der Waals surface area contributed by atoms with E-state index >= 15 is 0 Å². The molecule has 0 aliphatic rings. The maximum absolute atomic E-state index is 11.4. The number of hydrogen-bond acceptors (Lipinski definition) is 3. The fraction of sp³-hybridized carbons (Fsp3) is 0.545. The molecule has 0 aliphatic heterocycles. The Morgan fingerprint density at radius 3 is 2.94 bits per heavy atom. The molecule has 1 amide bonds. The normalized spacial score (nSPS) is 11.6. The van der Waals surface area contributed by atoms with Crippen molar-refractivity contribution in [3.8, 4) is 0 Å². The monoisotopic (exact) mass is 262 g/mol. The first-order valence-corrected chi connectivity index (χ1v) is 6.17. The highest BCUT2D eigenvalue weighted by Crippen LogP contribution is 2.08. The minimum Gasteiger partial charge on any atom is -0.354 e. The van der Waals surface area contributed by atoms with Crippen LogP contribution >= 0.6 is 23.7 Å². The van der Waals surface area contributed by atoms with Crippen LogP contribution < -0.4 is 11.1 Å². The van der Waals surface area contributed by atoms with Crippen molar-refractivity contribution in [2.75, 3.05) is 6.54 Å². The molecular formula is C11H19ClN2OS. The molecule has 0 aliphatic carbocycles. The lowest BCUT2D eigenvalue weighted by Gasteiger charge is -2.10. The molecule has 1 heterocycles. The molecule has 0 bridgehead atoms. The summed E-state index contributed by atoms with van der Waals surface area (Å²) in [6.45, 7) is 2.70. The first-order valence-electron chi connectivity index (χ1n) is 5.29. The lowest BCUT2D eigenvalue weighted by atomic mass is 10.1. The largest absolute Gasteiger partial charge is 0.354 e. The Balaban J connectivity index is 0.00000225. The van der Waals surface area contributed by atoms with Crippen molar-refractivity contribution in [1.82, 2.24) is 5.32 Å². The van der Waals surface area contributed by atoms with Gasteiger partial charge in [-0.2, -0.15) is 0 Å². The van der Waals surface area contributed by atoms with Crippen LogP contribution in [0.4, 0.5) is 0 Å². The lowest BCUT2D eigenvalue weighted by molar-refractivity contribution is -0.122. The maximum Gasteiger partial charge on any atom is 0.236 e. The van der Waals surface area contributed by atoms with Crippen LogP contribution in [0.3, 0.4) is 0 Å². The topological polar surface area (TPSA) is 55.1 Å². The van der Waals surface area contributed by atoms with Gasteiger partial charge >= 0.3 is 0 Å². The third-order valence-corrected chi connectivity index (χ3v) is 3.12. The molecule has 0 saturated heterocycles. The highest BCUT2D eigenvalue weighted by Gasteiger charge is 2.10. The van der Waals surface area contributed by atoms with Gasteiger partial charge in [0, 0.05) is 11.4 Å². The number of nitrogens with one attached hydrogen (secondary N) is 1. The van der Waals surface area contributed by atoms with E-state index in [1.54, 1.807) is 11.3 Å². The second-order valence-electron chi connectivity index (χ2n) is 3.52. The van der Waals surface area contributed by atoms with Gasteiger partial charge in [0.15, 0.2) is 0 Å². The van der Waals surface area contributed by atoms with E-state index in [0.29, 0.717) is 6.54 Å². The van der Waals surface area contributed by atoms with Crippen LogP contribution in [0.25, 0.3) is 0 Å². The maximum atomic E-state index is 11.4. The molecule has 16 heavy (non-hydrogen) atoms. The van der Waals surface area contributed by atoms with Gasteiger partial charge in [0.1, 0.15) is 0 Å². The fourth-order valence-electron chi connectivity index (χ4n) is 1.34. The number of halogens is 1. The summed E-state index contributed by atoms with van der Waals surface area (Å²) in [6, 6.07) is 3.74. The van der Waals surface area contributed by atoms with Crippen molar-refractivity contribution >= 4 is 29.7 Å². The van der Waals surface area contributed by atoms with Gasteiger partial charge in [-0.25, -0.2) is 0 Å². The van der Waals surface area contributed by atoms with E-state index in [2.05, 4.69) is 11.4 Å². The summed E-state index contributed by atoms with van der Waals surface area (Å²) >= 11 is 1.71. The van der Waals surface area contributed by atoms with Crippen molar-refractivity contribution in [1.29, 1.82) is 0 Å². The van der Waals surface area contributed by atoms with Crippen LogP contribution in [0, 0.1) is 0 Å². The Labute approximate surface area is 107 Å². The summed E-state index contributed by atoms with van der Waals surface area (Å²) in [5.74, 6) is -0.0339. The molecule has 3 nitrogen and oxygen atoms in total. The molecule has 0 saturated carbocycles. The summed E-state index contributed by atoms with van der Waals surface area (Å²) in [5, 5.41) is 4.89. The number of rotatable bonds is 6. The van der Waals surface area contributed by atoms with E-state index < -0.39 is 0 Å². The highest BCUT2D eigenvalue weighted by molar-refractivity contribution is 7.09. The molecule has 0 radical (unpaired) electrons. The molecule has 92 valence electrons. The Kier molecular flexibility index (Phi) is 8.25. The van der Waals surface area contributed by atoms with Crippen molar-refractivity contribution in [3.05, 3.63) is 22.4 Å². The Morgan fingerprint density at radius 1 is 1.62 bits per heavy atom. The van der Waals surface area contributed by atoms with Crippen molar-refractivity contribution in [2.24, 2.45) is 5.73 Å². The van der Waals surface area contributed by atoms with Gasteiger partial charge in [-0.15, -0.1) is 23.7 Å². The molecule has 0 aromatic carbocycles. The zero-order chi connectivity index (χ0) is 11.1. The Morgan fingerprint density at radius 2 is 2.38 bits per heavy atom. The number of thiophene rings is 1. The number of hydrogen-bond donors (Lipinski definition) is 2. The summed E-state index contributed by atoms with van der Waals surface area (Å²) in [6.07, 6.45) is 2.59. The molecule has 3 N–H and O–H groups in total. The van der Waals surface area contributed by atoms with Crippen molar-refractivity contribution < 1.29 is 4.79 Å². The zero-order valence-electron chi connectivity index (χ0n) is 9.44. The first kappa shape index (κ1) is 15.4. The van der Waals surface area contributed by atoms with E-state index in [1.807, 2.05) is 18.4 Å². The first-order chi connectivity index (χ1) is 7.24. The molecule has 1 rings (SSSR count). The summed E-state index contributed by atoms with van der Waals surface area (Å²) in [4.78, 5) is 12.7. The summed E-state index contributed by atoms with van der Waals surface area (Å²) in [7, 11) is 0. The van der Waals surface area contributed by atoms with E-state index in [-0.39, 0.29) is 24.4 Å². The Bertz CT molecular complexity index is 290. The number of nitrogens with two attached hydrogens (primary N) is 1. The van der Waals surface area contributed by atoms with Gasteiger partial charge in [-0.1, -0.05) is 19.4 Å². The van der Waals surface area contributed by atoms with Crippen LogP contribution in [0.5, 0.6) is 0 Å². The molecule has 1 aromatic rings. The predicted molar refractivity (Wildman–Crippen MR) is 71.2 cm³/mol. The van der Waals surface area contributed by atoms with E-state index in [0.717, 1.165) is 19.3 Å². The molecule has 1 unspecified atom stereocenters. The van der Waals surface area contributed by atoms with Crippen LogP contribution in [0.15, 0.2) is 17.5 Å². The van der Waals surface area contributed by atoms with Gasteiger partial charge in [0.25, 0.3) is 0 Å². The molecular weight excluding hydrogens is 244 g/mol. The van der Waals surface area contributed by atoms with Crippen molar-refractivity contribution in [3.63, 3.8) is 0 Å². The molecule has 0 spiro atoms. The number of carbonyl (C=O) groups is 1. The molecule has 5 heteroatoms. The van der Waals surface area contributed by atoms with Gasteiger partial charge in [-0.3, -0.25) is 4.79 Å². The SMILES string of the molecule is CCCC(N)C(=O)NCCc1cccs1.Cl. The Hall–Kier alpha value is -0.580. The van der Waals surface area contributed by atoms with Gasteiger partial charge in [-0.05, 0) is 24.3 Å². The van der Waals surface area contributed by atoms with Gasteiger partial charge in [0.2, 0.25) is 5.91 Å². The third kappa shape index (κ3) is 5.49. The lowest BCUT2D eigenvalue weighted by Crippen LogP contribution is -2.41. The minimum absolute atomic E-state index is 0. The van der Waals surface area contributed by atoms with E-state index in [9.17, 15) is 4.79 Å². The number of carbonyl (C=O) groups excluding carboxylic acids is 1. The standard InChI is InChI=1S/C11H18N2OS.ClH/c1-2-4-10(12)11(14)13-7-6-9-5-3-8-15-9;/h3,5,8,10H,2,4,6-7,12H2,1H3,(H,13,14);1H. The smallest absolute Gasteiger partial charge is 0.236 e. The average Bonchev–Trinajstić information content (AvgIpc) is 2.71. The van der Waals surface area contributed by atoms with Crippen LogP contribution in [0.2, 0.25) is 0 Å². The van der Waals surface area contributed by atoms with Crippen molar-refractivity contribution in [2.45, 2.75) is 32.2 Å². The predicted octanol–water partition coefficient (Wildman–Crippen LogP) is 1.96. The van der Waals surface area contributed by atoms with Gasteiger partial charge in [0.05, 0.1) is 6.04 Å². The number of amides is 1. The van der Waals surface area contributed by atoms with Crippen LogP contribution in [-0.4, -0.2) is 18.5 Å². The second kappa shape index (κ2) is 8.56. The van der Waals surface area contributed by atoms with Crippen LogP contribution in [-0.2, 0) is 11.2 Å². The quantitative estimate of drug-likeness (QED) is 0.823. The van der Waals surface area contributed by atoms with Gasteiger partial charge < -0.3 is 11.1 Å². The molecule has 0 fully saturated rings. The zero-order valence-corrected chi connectivity index (χ0v) is 11.1.